The van der Waals surface area contributed by atoms with E-state index in [1.165, 1.54) is 6.07 Å². The van der Waals surface area contributed by atoms with Gasteiger partial charge in [0.2, 0.25) is 0 Å². The lowest BCUT2D eigenvalue weighted by Gasteiger charge is -2.34. The first-order chi connectivity index (χ1) is 8.89. The van der Waals surface area contributed by atoms with Crippen molar-refractivity contribution < 1.29 is 9.13 Å². The lowest BCUT2D eigenvalue weighted by Crippen LogP contribution is -2.34. The molecule has 0 atom stereocenters. The molecular weight excluding hydrogens is 375 g/mol. The van der Waals surface area contributed by atoms with E-state index in [1.807, 2.05) is 6.07 Å². The Labute approximate surface area is 132 Å². The maximum Gasteiger partial charge on any atom is 0.123 e. The van der Waals surface area contributed by atoms with Crippen LogP contribution in [0.1, 0.15) is 32.3 Å². The van der Waals surface area contributed by atoms with Crippen molar-refractivity contribution in [3.8, 4) is 0 Å². The van der Waals surface area contributed by atoms with E-state index in [-0.39, 0.29) is 16.8 Å². The minimum absolute atomic E-state index is 0.113. The SMILES string of the molecule is COC(C)(C)CCC(CBr)(CBr)c1cccc(F)c1. The highest BCUT2D eigenvalue weighted by Gasteiger charge is 2.32. The van der Waals surface area contributed by atoms with Crippen LogP contribution in [0.2, 0.25) is 0 Å². The van der Waals surface area contributed by atoms with Gasteiger partial charge in [-0.3, -0.25) is 0 Å². The summed E-state index contributed by atoms with van der Waals surface area (Å²) in [6.45, 7) is 4.15. The molecule has 0 aliphatic carbocycles. The molecule has 0 aliphatic heterocycles. The van der Waals surface area contributed by atoms with Gasteiger partial charge in [-0.1, -0.05) is 44.0 Å². The maximum atomic E-state index is 13.5. The molecule has 0 saturated carbocycles. The van der Waals surface area contributed by atoms with E-state index in [1.54, 1.807) is 19.2 Å². The summed E-state index contributed by atoms with van der Waals surface area (Å²) in [7, 11) is 1.73. The number of benzene rings is 1. The molecule has 0 N–H and O–H groups in total. The van der Waals surface area contributed by atoms with Crippen LogP contribution in [0.15, 0.2) is 24.3 Å². The fourth-order valence-electron chi connectivity index (χ4n) is 1.93. The lowest BCUT2D eigenvalue weighted by molar-refractivity contribution is 0.0102. The zero-order valence-electron chi connectivity index (χ0n) is 11.7. The Balaban J connectivity index is 2.97. The molecule has 0 radical (unpaired) electrons. The van der Waals surface area contributed by atoms with Crippen molar-refractivity contribution in [3.63, 3.8) is 0 Å². The van der Waals surface area contributed by atoms with E-state index in [2.05, 4.69) is 45.7 Å². The molecule has 19 heavy (non-hydrogen) atoms. The summed E-state index contributed by atoms with van der Waals surface area (Å²) in [6.07, 6.45) is 1.84. The number of halogens is 3. The van der Waals surface area contributed by atoms with Gasteiger partial charge in [0.25, 0.3) is 0 Å². The molecule has 0 fully saturated rings. The van der Waals surface area contributed by atoms with Crippen LogP contribution in [0.25, 0.3) is 0 Å². The van der Waals surface area contributed by atoms with E-state index in [4.69, 9.17) is 4.74 Å². The molecule has 0 bridgehead atoms. The zero-order chi connectivity index (χ0) is 14.5. The van der Waals surface area contributed by atoms with Crippen molar-refractivity contribution in [3.05, 3.63) is 35.6 Å². The van der Waals surface area contributed by atoms with Crippen LogP contribution in [-0.2, 0) is 10.2 Å². The normalized spacial score (nSPS) is 12.7. The smallest absolute Gasteiger partial charge is 0.123 e. The second-order valence-electron chi connectivity index (χ2n) is 5.52. The highest BCUT2D eigenvalue weighted by molar-refractivity contribution is 9.09. The van der Waals surface area contributed by atoms with Crippen LogP contribution in [0.5, 0.6) is 0 Å². The molecule has 0 amide bonds. The first-order valence-corrected chi connectivity index (χ1v) is 8.56. The molecule has 1 rings (SSSR count). The summed E-state index contributed by atoms with van der Waals surface area (Å²) in [5, 5.41) is 1.57. The van der Waals surface area contributed by atoms with Gasteiger partial charge >= 0.3 is 0 Å². The Kier molecular flexibility index (Phi) is 6.48. The number of hydrogen-bond acceptors (Lipinski definition) is 1. The first-order valence-electron chi connectivity index (χ1n) is 6.32. The molecule has 0 heterocycles. The highest BCUT2D eigenvalue weighted by atomic mass is 79.9. The Morgan fingerprint density at radius 1 is 1.16 bits per heavy atom. The summed E-state index contributed by atoms with van der Waals surface area (Å²) in [5.74, 6) is -0.185. The van der Waals surface area contributed by atoms with Gasteiger partial charge in [0, 0.05) is 23.2 Å². The van der Waals surface area contributed by atoms with Crippen LogP contribution in [0, 0.1) is 5.82 Å². The van der Waals surface area contributed by atoms with Gasteiger partial charge in [-0.2, -0.15) is 0 Å². The predicted octanol–water partition coefficient (Wildman–Crippen LogP) is 5.06. The topological polar surface area (TPSA) is 9.23 Å². The number of ether oxygens (including phenoxy) is 1. The molecule has 1 aromatic carbocycles. The van der Waals surface area contributed by atoms with Crippen LogP contribution < -0.4 is 0 Å². The predicted molar refractivity (Wildman–Crippen MR) is 86.0 cm³/mol. The van der Waals surface area contributed by atoms with Crippen molar-refractivity contribution in [1.82, 2.24) is 0 Å². The van der Waals surface area contributed by atoms with Gasteiger partial charge in [0.1, 0.15) is 5.82 Å². The van der Waals surface area contributed by atoms with Crippen molar-refractivity contribution in [2.24, 2.45) is 0 Å². The Morgan fingerprint density at radius 3 is 2.26 bits per heavy atom. The van der Waals surface area contributed by atoms with Crippen LogP contribution in [-0.4, -0.2) is 23.4 Å². The fraction of sp³-hybridized carbons (Fsp3) is 0.600. The van der Waals surface area contributed by atoms with E-state index >= 15 is 0 Å². The average molecular weight is 396 g/mol. The second-order valence-corrected chi connectivity index (χ2v) is 6.64. The molecule has 1 aromatic rings. The zero-order valence-corrected chi connectivity index (χ0v) is 14.9. The van der Waals surface area contributed by atoms with Gasteiger partial charge in [-0.25, -0.2) is 4.39 Å². The first kappa shape index (κ1) is 17.1. The molecule has 0 spiro atoms. The van der Waals surface area contributed by atoms with Crippen LogP contribution in [0.3, 0.4) is 0 Å². The highest BCUT2D eigenvalue weighted by Crippen LogP contribution is 2.36. The average Bonchev–Trinajstić information content (AvgIpc) is 2.41. The Hall–Kier alpha value is 0.0700. The molecular formula is C15H21Br2FO. The van der Waals surface area contributed by atoms with Crippen molar-refractivity contribution >= 4 is 31.9 Å². The number of methoxy groups -OCH3 is 1. The maximum absolute atomic E-state index is 13.5. The molecule has 0 aliphatic rings. The third-order valence-corrected chi connectivity index (χ3v) is 5.85. The van der Waals surface area contributed by atoms with Gasteiger partial charge < -0.3 is 4.74 Å². The third-order valence-electron chi connectivity index (χ3n) is 3.71. The fourth-order valence-corrected chi connectivity index (χ4v) is 4.07. The number of hydrogen-bond donors (Lipinski definition) is 0. The minimum atomic E-state index is -0.185. The largest absolute Gasteiger partial charge is 0.379 e. The monoisotopic (exact) mass is 394 g/mol. The van der Waals surface area contributed by atoms with Crippen molar-refractivity contribution in [2.75, 3.05) is 17.8 Å². The number of rotatable bonds is 7. The van der Waals surface area contributed by atoms with Crippen LogP contribution >= 0.6 is 31.9 Å². The quantitative estimate of drug-likeness (QED) is 0.586. The molecule has 108 valence electrons. The second kappa shape index (κ2) is 7.19. The van der Waals surface area contributed by atoms with E-state index < -0.39 is 0 Å². The van der Waals surface area contributed by atoms with Crippen molar-refractivity contribution in [1.29, 1.82) is 0 Å². The summed E-state index contributed by atoms with van der Waals surface area (Å²) in [4.78, 5) is 0. The summed E-state index contributed by atoms with van der Waals surface area (Å²) in [5.41, 5.74) is 0.744. The molecule has 0 unspecified atom stereocenters. The van der Waals surface area contributed by atoms with Gasteiger partial charge in [-0.15, -0.1) is 0 Å². The molecule has 1 nitrogen and oxygen atoms in total. The van der Waals surface area contributed by atoms with E-state index in [9.17, 15) is 4.39 Å². The standard InChI is InChI=1S/C15H21Br2FO/c1-14(2,19-3)7-8-15(10-16,11-17)12-5-4-6-13(18)9-12/h4-6,9H,7-8,10-11H2,1-3H3. The van der Waals surface area contributed by atoms with Gasteiger partial charge in [0.05, 0.1) is 5.60 Å². The minimum Gasteiger partial charge on any atom is -0.379 e. The Morgan fingerprint density at radius 2 is 1.79 bits per heavy atom. The molecule has 0 aromatic heterocycles. The summed E-state index contributed by atoms with van der Waals surface area (Å²) in [6, 6.07) is 6.87. The van der Waals surface area contributed by atoms with E-state index in [0.717, 1.165) is 29.1 Å². The summed E-state index contributed by atoms with van der Waals surface area (Å²) < 4.78 is 18.9. The van der Waals surface area contributed by atoms with Gasteiger partial charge in [-0.05, 0) is 44.4 Å². The van der Waals surface area contributed by atoms with Gasteiger partial charge in [0.15, 0.2) is 0 Å². The van der Waals surface area contributed by atoms with E-state index in [0.29, 0.717) is 0 Å². The van der Waals surface area contributed by atoms with Crippen LogP contribution in [0.4, 0.5) is 4.39 Å². The number of alkyl halides is 2. The van der Waals surface area contributed by atoms with Crippen molar-refractivity contribution in [2.45, 2.75) is 37.7 Å². The lowest BCUT2D eigenvalue weighted by atomic mass is 9.78. The Bertz CT molecular complexity index is 403. The summed E-state index contributed by atoms with van der Waals surface area (Å²) >= 11 is 7.18. The third kappa shape index (κ3) is 4.54. The molecule has 4 heteroatoms. The molecule has 0 saturated heterocycles.